The second kappa shape index (κ2) is 6.58. The lowest BCUT2D eigenvalue weighted by Crippen LogP contribution is -2.60. The third kappa shape index (κ3) is 3.85. The SMILES string of the molecule is COC(=O)C(C)NC(=O)NC1(C(=O)O)CCCC(C)C1. The molecule has 0 saturated heterocycles. The fraction of sp³-hybridized carbons (Fsp3) is 0.769. The highest BCUT2D eigenvalue weighted by atomic mass is 16.5. The second-order valence-electron chi connectivity index (χ2n) is 5.43. The summed E-state index contributed by atoms with van der Waals surface area (Å²) >= 11 is 0. The van der Waals surface area contributed by atoms with E-state index in [1.54, 1.807) is 0 Å². The van der Waals surface area contributed by atoms with Crippen molar-refractivity contribution in [3.8, 4) is 0 Å². The molecule has 0 spiro atoms. The Hall–Kier alpha value is -1.79. The monoisotopic (exact) mass is 286 g/mol. The van der Waals surface area contributed by atoms with Gasteiger partial charge in [0.2, 0.25) is 0 Å². The minimum absolute atomic E-state index is 0.234. The van der Waals surface area contributed by atoms with Gasteiger partial charge in [-0.2, -0.15) is 0 Å². The number of hydrogen-bond acceptors (Lipinski definition) is 4. The van der Waals surface area contributed by atoms with Crippen molar-refractivity contribution in [1.29, 1.82) is 0 Å². The van der Waals surface area contributed by atoms with Crippen LogP contribution in [-0.2, 0) is 14.3 Å². The summed E-state index contributed by atoms with van der Waals surface area (Å²) in [5.41, 5.74) is -1.25. The fourth-order valence-corrected chi connectivity index (χ4v) is 2.60. The number of carboxylic acid groups (broad SMARTS) is 1. The summed E-state index contributed by atoms with van der Waals surface area (Å²) in [7, 11) is 1.22. The maximum atomic E-state index is 11.9. The smallest absolute Gasteiger partial charge is 0.329 e. The first kappa shape index (κ1) is 16.3. The predicted molar refractivity (Wildman–Crippen MR) is 71.1 cm³/mol. The number of carboxylic acids is 1. The molecule has 3 atom stereocenters. The summed E-state index contributed by atoms with van der Waals surface area (Å²) < 4.78 is 4.49. The number of amides is 2. The van der Waals surface area contributed by atoms with Gasteiger partial charge in [-0.15, -0.1) is 0 Å². The zero-order valence-corrected chi connectivity index (χ0v) is 12.1. The highest BCUT2D eigenvalue weighted by molar-refractivity contribution is 5.88. The van der Waals surface area contributed by atoms with Gasteiger partial charge in [0.1, 0.15) is 11.6 Å². The van der Waals surface area contributed by atoms with Crippen LogP contribution in [0.25, 0.3) is 0 Å². The second-order valence-corrected chi connectivity index (χ2v) is 5.43. The van der Waals surface area contributed by atoms with Crippen LogP contribution in [0.3, 0.4) is 0 Å². The molecule has 1 rings (SSSR count). The van der Waals surface area contributed by atoms with Crippen LogP contribution in [0.15, 0.2) is 0 Å². The number of esters is 1. The molecule has 0 aromatic carbocycles. The van der Waals surface area contributed by atoms with E-state index in [0.717, 1.165) is 12.8 Å². The fourth-order valence-electron chi connectivity index (χ4n) is 2.60. The lowest BCUT2D eigenvalue weighted by atomic mass is 9.76. The lowest BCUT2D eigenvalue weighted by molar-refractivity contribution is -0.146. The van der Waals surface area contributed by atoms with Crippen LogP contribution in [0, 0.1) is 5.92 Å². The molecule has 2 amide bonds. The van der Waals surface area contributed by atoms with Crippen LogP contribution in [-0.4, -0.2) is 41.8 Å². The summed E-state index contributed by atoms with van der Waals surface area (Å²) in [6.07, 6.45) is 2.49. The van der Waals surface area contributed by atoms with Gasteiger partial charge in [-0.25, -0.2) is 14.4 Å². The average molecular weight is 286 g/mol. The highest BCUT2D eigenvalue weighted by Crippen LogP contribution is 2.32. The van der Waals surface area contributed by atoms with Gasteiger partial charge in [-0.05, 0) is 25.7 Å². The van der Waals surface area contributed by atoms with Crippen LogP contribution in [0.2, 0.25) is 0 Å². The number of carbonyl (C=O) groups excluding carboxylic acids is 2. The Labute approximate surface area is 118 Å². The van der Waals surface area contributed by atoms with Crippen molar-refractivity contribution >= 4 is 18.0 Å². The summed E-state index contributed by atoms with van der Waals surface area (Å²) in [6.45, 7) is 3.44. The van der Waals surface area contributed by atoms with Crippen molar-refractivity contribution in [2.24, 2.45) is 5.92 Å². The molecule has 0 bridgehead atoms. The van der Waals surface area contributed by atoms with Gasteiger partial charge in [0.15, 0.2) is 0 Å². The molecule has 0 aromatic rings. The zero-order chi connectivity index (χ0) is 15.3. The molecular formula is C13H22N2O5. The van der Waals surface area contributed by atoms with E-state index in [2.05, 4.69) is 15.4 Å². The number of aliphatic carboxylic acids is 1. The number of ether oxygens (including phenoxy) is 1. The van der Waals surface area contributed by atoms with E-state index in [4.69, 9.17) is 0 Å². The van der Waals surface area contributed by atoms with Crippen molar-refractivity contribution < 1.29 is 24.2 Å². The molecule has 1 fully saturated rings. The van der Waals surface area contributed by atoms with Gasteiger partial charge < -0.3 is 20.5 Å². The first-order valence-electron chi connectivity index (χ1n) is 6.70. The van der Waals surface area contributed by atoms with Crippen molar-refractivity contribution in [3.05, 3.63) is 0 Å². The molecule has 1 aliphatic rings. The summed E-state index contributed by atoms with van der Waals surface area (Å²) in [4.78, 5) is 34.6. The van der Waals surface area contributed by atoms with E-state index in [1.807, 2.05) is 6.92 Å². The molecule has 1 saturated carbocycles. The Balaban J connectivity index is 2.69. The van der Waals surface area contributed by atoms with Gasteiger partial charge in [0.05, 0.1) is 7.11 Å². The normalized spacial score (nSPS) is 27.2. The molecule has 20 heavy (non-hydrogen) atoms. The van der Waals surface area contributed by atoms with Gasteiger partial charge in [0, 0.05) is 0 Å². The number of carbonyl (C=O) groups is 3. The number of hydrogen-bond donors (Lipinski definition) is 3. The molecule has 3 N–H and O–H groups in total. The van der Waals surface area contributed by atoms with Crippen LogP contribution < -0.4 is 10.6 Å². The summed E-state index contributed by atoms with van der Waals surface area (Å²) in [5.74, 6) is -1.38. The minimum Gasteiger partial charge on any atom is -0.480 e. The van der Waals surface area contributed by atoms with E-state index < -0.39 is 29.6 Å². The third-order valence-corrected chi connectivity index (χ3v) is 3.66. The molecule has 0 radical (unpaired) electrons. The quantitative estimate of drug-likeness (QED) is 0.665. The number of rotatable bonds is 4. The Morgan fingerprint density at radius 2 is 2.05 bits per heavy atom. The zero-order valence-electron chi connectivity index (χ0n) is 12.1. The molecule has 7 heteroatoms. The standard InChI is InChI=1S/C13H22N2O5/c1-8-5-4-6-13(7-8,11(17)18)15-12(19)14-9(2)10(16)20-3/h8-9H,4-7H2,1-3H3,(H,17,18)(H2,14,15,19). The summed E-state index contributed by atoms with van der Waals surface area (Å²) in [6, 6.07) is -1.49. The van der Waals surface area contributed by atoms with E-state index in [0.29, 0.717) is 12.8 Å². The van der Waals surface area contributed by atoms with Gasteiger partial charge in [0.25, 0.3) is 0 Å². The van der Waals surface area contributed by atoms with E-state index in [-0.39, 0.29) is 5.92 Å². The van der Waals surface area contributed by atoms with Crippen molar-refractivity contribution in [3.63, 3.8) is 0 Å². The number of nitrogens with one attached hydrogen (secondary N) is 2. The Kier molecular flexibility index (Phi) is 5.35. The Bertz CT molecular complexity index is 398. The van der Waals surface area contributed by atoms with Crippen molar-refractivity contribution in [1.82, 2.24) is 10.6 Å². The maximum Gasteiger partial charge on any atom is 0.329 e. The van der Waals surface area contributed by atoms with Gasteiger partial charge in [-0.1, -0.05) is 19.8 Å². The number of urea groups is 1. The largest absolute Gasteiger partial charge is 0.480 e. The first-order chi connectivity index (χ1) is 9.30. The van der Waals surface area contributed by atoms with Gasteiger partial charge >= 0.3 is 18.0 Å². The molecule has 3 unspecified atom stereocenters. The van der Waals surface area contributed by atoms with Crippen molar-refractivity contribution in [2.75, 3.05) is 7.11 Å². The number of methoxy groups -OCH3 is 1. The van der Waals surface area contributed by atoms with Crippen LogP contribution in [0.4, 0.5) is 4.79 Å². The molecule has 1 aliphatic carbocycles. The highest BCUT2D eigenvalue weighted by Gasteiger charge is 2.43. The minimum atomic E-state index is -1.25. The molecule has 0 aliphatic heterocycles. The maximum absolute atomic E-state index is 11.9. The van der Waals surface area contributed by atoms with Gasteiger partial charge in [-0.3, -0.25) is 0 Å². The van der Waals surface area contributed by atoms with E-state index in [1.165, 1.54) is 14.0 Å². The van der Waals surface area contributed by atoms with Crippen molar-refractivity contribution in [2.45, 2.75) is 51.1 Å². The van der Waals surface area contributed by atoms with Crippen LogP contribution in [0.5, 0.6) is 0 Å². The van der Waals surface area contributed by atoms with Crippen LogP contribution >= 0.6 is 0 Å². The molecule has 114 valence electrons. The first-order valence-corrected chi connectivity index (χ1v) is 6.70. The van der Waals surface area contributed by atoms with Crippen LogP contribution in [0.1, 0.15) is 39.5 Å². The molecule has 0 aromatic heterocycles. The molecule has 0 heterocycles. The molecule has 7 nitrogen and oxygen atoms in total. The Morgan fingerprint density at radius 3 is 2.55 bits per heavy atom. The topological polar surface area (TPSA) is 105 Å². The average Bonchev–Trinajstić information content (AvgIpc) is 2.37. The van der Waals surface area contributed by atoms with E-state index >= 15 is 0 Å². The van der Waals surface area contributed by atoms with E-state index in [9.17, 15) is 19.5 Å². The summed E-state index contributed by atoms with van der Waals surface area (Å²) in [5, 5.41) is 14.3. The lowest BCUT2D eigenvalue weighted by Gasteiger charge is -2.37. The third-order valence-electron chi connectivity index (χ3n) is 3.66. The molecular weight excluding hydrogens is 264 g/mol. The predicted octanol–water partition coefficient (Wildman–Crippen LogP) is 0.881. The Morgan fingerprint density at radius 1 is 1.40 bits per heavy atom.